The SMILES string of the molecule is O=C(O)C1CN(C(=O)C(Cc2ccccc2)Cc2ccccc2)CCO1. The monoisotopic (exact) mass is 353 g/mol. The van der Waals surface area contributed by atoms with Gasteiger partial charge in [0.05, 0.1) is 13.2 Å². The summed E-state index contributed by atoms with van der Waals surface area (Å²) in [7, 11) is 0. The maximum Gasteiger partial charge on any atom is 0.334 e. The van der Waals surface area contributed by atoms with E-state index in [-0.39, 0.29) is 25.0 Å². The van der Waals surface area contributed by atoms with Gasteiger partial charge in [0.15, 0.2) is 6.10 Å². The summed E-state index contributed by atoms with van der Waals surface area (Å²) in [5.41, 5.74) is 2.20. The molecule has 5 nitrogen and oxygen atoms in total. The van der Waals surface area contributed by atoms with Crippen molar-refractivity contribution in [3.63, 3.8) is 0 Å². The fourth-order valence-corrected chi connectivity index (χ4v) is 3.30. The maximum atomic E-state index is 13.2. The van der Waals surface area contributed by atoms with Gasteiger partial charge in [-0.25, -0.2) is 4.79 Å². The van der Waals surface area contributed by atoms with Crippen LogP contribution in [0.4, 0.5) is 0 Å². The molecule has 1 fully saturated rings. The summed E-state index contributed by atoms with van der Waals surface area (Å²) in [6.07, 6.45) is 0.314. The first kappa shape index (κ1) is 18.1. The Morgan fingerprint density at radius 3 is 2.04 bits per heavy atom. The summed E-state index contributed by atoms with van der Waals surface area (Å²) in [5.74, 6) is -1.26. The van der Waals surface area contributed by atoms with Crippen LogP contribution < -0.4 is 0 Å². The molecule has 0 aliphatic carbocycles. The van der Waals surface area contributed by atoms with E-state index in [1.54, 1.807) is 4.90 Å². The minimum absolute atomic E-state index is 0.00717. The van der Waals surface area contributed by atoms with Gasteiger partial charge in [-0.3, -0.25) is 4.79 Å². The van der Waals surface area contributed by atoms with Crippen molar-refractivity contribution in [3.8, 4) is 0 Å². The summed E-state index contributed by atoms with van der Waals surface area (Å²) < 4.78 is 5.24. The van der Waals surface area contributed by atoms with Crippen LogP contribution in [0.2, 0.25) is 0 Å². The van der Waals surface area contributed by atoms with Crippen molar-refractivity contribution in [1.82, 2.24) is 4.90 Å². The van der Waals surface area contributed by atoms with Gasteiger partial charge in [0.2, 0.25) is 5.91 Å². The molecule has 0 bridgehead atoms. The topological polar surface area (TPSA) is 66.8 Å². The fraction of sp³-hybridized carbons (Fsp3) is 0.333. The van der Waals surface area contributed by atoms with Crippen LogP contribution in [0.25, 0.3) is 0 Å². The molecule has 26 heavy (non-hydrogen) atoms. The number of amides is 1. The van der Waals surface area contributed by atoms with E-state index in [2.05, 4.69) is 0 Å². The third-order valence-electron chi connectivity index (χ3n) is 4.65. The first-order valence-electron chi connectivity index (χ1n) is 8.84. The predicted octanol–water partition coefficient (Wildman–Crippen LogP) is 2.40. The lowest BCUT2D eigenvalue weighted by Gasteiger charge is -2.33. The standard InChI is InChI=1S/C21H23NO4/c23-20(22-11-12-26-19(15-22)21(24)25)18(13-16-7-3-1-4-8-16)14-17-9-5-2-6-10-17/h1-10,18-19H,11-15H2,(H,24,25). The van der Waals surface area contributed by atoms with Crippen LogP contribution in [0.1, 0.15) is 11.1 Å². The number of benzene rings is 2. The summed E-state index contributed by atoms with van der Waals surface area (Å²) in [4.78, 5) is 26.0. The first-order chi connectivity index (χ1) is 12.6. The molecule has 1 unspecified atom stereocenters. The molecule has 2 aromatic carbocycles. The number of aliphatic carboxylic acids is 1. The summed E-state index contributed by atoms with van der Waals surface area (Å²) in [6.45, 7) is 0.795. The minimum atomic E-state index is -1.02. The van der Waals surface area contributed by atoms with Crippen molar-refractivity contribution < 1.29 is 19.4 Å². The van der Waals surface area contributed by atoms with Crippen molar-refractivity contribution in [3.05, 3.63) is 71.8 Å². The smallest absolute Gasteiger partial charge is 0.334 e. The Morgan fingerprint density at radius 2 is 1.54 bits per heavy atom. The number of carboxylic acid groups (broad SMARTS) is 1. The second-order valence-corrected chi connectivity index (χ2v) is 6.56. The first-order valence-corrected chi connectivity index (χ1v) is 8.84. The van der Waals surface area contributed by atoms with E-state index in [0.717, 1.165) is 11.1 Å². The van der Waals surface area contributed by atoms with Crippen LogP contribution in [-0.2, 0) is 27.2 Å². The number of ether oxygens (including phenoxy) is 1. The fourth-order valence-electron chi connectivity index (χ4n) is 3.30. The van der Waals surface area contributed by atoms with Gasteiger partial charge in [-0.2, -0.15) is 0 Å². The lowest BCUT2D eigenvalue weighted by molar-refractivity contribution is -0.160. The van der Waals surface area contributed by atoms with Crippen LogP contribution in [-0.4, -0.2) is 47.7 Å². The van der Waals surface area contributed by atoms with Crippen LogP contribution in [0, 0.1) is 5.92 Å². The minimum Gasteiger partial charge on any atom is -0.479 e. The zero-order chi connectivity index (χ0) is 18.4. The van der Waals surface area contributed by atoms with Crippen molar-refractivity contribution in [2.45, 2.75) is 18.9 Å². The van der Waals surface area contributed by atoms with Gasteiger partial charge in [-0.15, -0.1) is 0 Å². The van der Waals surface area contributed by atoms with Gasteiger partial charge in [0.25, 0.3) is 0 Å². The Bertz CT molecular complexity index is 691. The second-order valence-electron chi connectivity index (χ2n) is 6.56. The molecular weight excluding hydrogens is 330 g/mol. The lowest BCUT2D eigenvalue weighted by Crippen LogP contribution is -2.50. The number of rotatable bonds is 6. The molecule has 5 heteroatoms. The average molecular weight is 353 g/mol. The Morgan fingerprint density at radius 1 is 1.00 bits per heavy atom. The van der Waals surface area contributed by atoms with Gasteiger partial charge >= 0.3 is 5.97 Å². The molecule has 1 aliphatic heterocycles. The highest BCUT2D eigenvalue weighted by Crippen LogP contribution is 2.19. The molecule has 0 radical (unpaired) electrons. The molecule has 1 aliphatic rings. The molecule has 136 valence electrons. The number of hydrogen-bond donors (Lipinski definition) is 1. The van der Waals surface area contributed by atoms with Gasteiger partial charge in [-0.05, 0) is 24.0 Å². The molecular formula is C21H23NO4. The third kappa shape index (κ3) is 4.70. The quantitative estimate of drug-likeness (QED) is 0.866. The predicted molar refractivity (Wildman–Crippen MR) is 97.7 cm³/mol. The number of carbonyl (C=O) groups excluding carboxylic acids is 1. The van der Waals surface area contributed by atoms with E-state index < -0.39 is 12.1 Å². The molecule has 0 saturated carbocycles. The molecule has 1 amide bonds. The maximum absolute atomic E-state index is 13.2. The Kier molecular flexibility index (Phi) is 6.02. The highest BCUT2D eigenvalue weighted by atomic mass is 16.5. The van der Waals surface area contributed by atoms with Crippen molar-refractivity contribution in [2.24, 2.45) is 5.92 Å². The van der Waals surface area contributed by atoms with E-state index >= 15 is 0 Å². The highest BCUT2D eigenvalue weighted by molar-refractivity contribution is 5.81. The zero-order valence-electron chi connectivity index (χ0n) is 14.6. The molecule has 0 aromatic heterocycles. The molecule has 0 spiro atoms. The summed E-state index contributed by atoms with van der Waals surface area (Å²) in [5, 5.41) is 9.18. The van der Waals surface area contributed by atoms with Gasteiger partial charge in [-0.1, -0.05) is 60.7 Å². The number of hydrogen-bond acceptors (Lipinski definition) is 3. The largest absolute Gasteiger partial charge is 0.479 e. The summed E-state index contributed by atoms with van der Waals surface area (Å²) in [6, 6.07) is 19.9. The van der Waals surface area contributed by atoms with Gasteiger partial charge < -0.3 is 14.7 Å². The van der Waals surface area contributed by atoms with Crippen molar-refractivity contribution in [1.29, 1.82) is 0 Å². The molecule has 1 heterocycles. The molecule has 1 N–H and O–H groups in total. The van der Waals surface area contributed by atoms with Crippen LogP contribution in [0.15, 0.2) is 60.7 Å². The molecule has 3 rings (SSSR count). The second kappa shape index (κ2) is 8.63. The number of morpholine rings is 1. The Balaban J connectivity index is 1.77. The highest BCUT2D eigenvalue weighted by Gasteiger charge is 2.32. The number of carbonyl (C=O) groups is 2. The Labute approximate surface area is 153 Å². The molecule has 1 atom stereocenters. The normalized spacial score (nSPS) is 17.3. The van der Waals surface area contributed by atoms with Crippen LogP contribution in [0.5, 0.6) is 0 Å². The number of nitrogens with zero attached hydrogens (tertiary/aromatic N) is 1. The Hall–Kier alpha value is -2.66. The lowest BCUT2D eigenvalue weighted by atomic mass is 9.91. The molecule has 2 aromatic rings. The van der Waals surface area contributed by atoms with E-state index in [9.17, 15) is 14.7 Å². The van der Waals surface area contributed by atoms with Crippen LogP contribution in [0.3, 0.4) is 0 Å². The number of carboxylic acids is 1. The van der Waals surface area contributed by atoms with E-state index in [4.69, 9.17) is 4.74 Å². The van der Waals surface area contributed by atoms with E-state index in [0.29, 0.717) is 19.4 Å². The van der Waals surface area contributed by atoms with Gasteiger partial charge in [0.1, 0.15) is 0 Å². The van der Waals surface area contributed by atoms with E-state index in [1.807, 2.05) is 60.7 Å². The summed E-state index contributed by atoms with van der Waals surface area (Å²) >= 11 is 0. The average Bonchev–Trinajstić information content (AvgIpc) is 2.68. The third-order valence-corrected chi connectivity index (χ3v) is 4.65. The van der Waals surface area contributed by atoms with Crippen LogP contribution >= 0.6 is 0 Å². The van der Waals surface area contributed by atoms with E-state index in [1.165, 1.54) is 0 Å². The van der Waals surface area contributed by atoms with Crippen molar-refractivity contribution >= 4 is 11.9 Å². The van der Waals surface area contributed by atoms with Crippen molar-refractivity contribution in [2.75, 3.05) is 19.7 Å². The van der Waals surface area contributed by atoms with Gasteiger partial charge in [0, 0.05) is 12.5 Å². The zero-order valence-corrected chi connectivity index (χ0v) is 14.6. The molecule has 1 saturated heterocycles.